The van der Waals surface area contributed by atoms with Crippen LogP contribution in [-0.4, -0.2) is 47.8 Å². The zero-order valence-corrected chi connectivity index (χ0v) is 19.7. The lowest BCUT2D eigenvalue weighted by Crippen LogP contribution is -2.43. The van der Waals surface area contributed by atoms with Crippen molar-refractivity contribution in [3.63, 3.8) is 0 Å². The van der Waals surface area contributed by atoms with Crippen LogP contribution >= 0.6 is 0 Å². The van der Waals surface area contributed by atoms with Crippen LogP contribution in [-0.2, 0) is 16.1 Å². The maximum Gasteiger partial charge on any atom is 0.223 e. The van der Waals surface area contributed by atoms with E-state index in [1.807, 2.05) is 6.07 Å². The maximum atomic E-state index is 12.7. The van der Waals surface area contributed by atoms with Gasteiger partial charge in [0.25, 0.3) is 0 Å². The first-order chi connectivity index (χ1) is 16.1. The van der Waals surface area contributed by atoms with Crippen molar-refractivity contribution in [3.8, 4) is 0 Å². The maximum absolute atomic E-state index is 12.7. The standard InChI is InChI=1S/C27H34N4O2/c1-19-9-10-20(2)22(16-19)18-31-25-8-4-3-7-24(25)29-27(31)30-13-11-21(12-14-30)26(32)28-17-23-6-5-15-33-23/h3-4,7-10,16,21,23H,5-6,11-15,17-18H2,1-2H3,(H,28,32). The molecule has 1 amide bonds. The summed E-state index contributed by atoms with van der Waals surface area (Å²) in [5.41, 5.74) is 6.07. The van der Waals surface area contributed by atoms with Gasteiger partial charge in [-0.25, -0.2) is 4.98 Å². The number of nitrogens with one attached hydrogen (secondary N) is 1. The molecule has 3 aromatic rings. The molecule has 1 unspecified atom stereocenters. The molecule has 3 heterocycles. The number of carbonyl (C=O) groups excluding carboxylic acids is 1. The molecule has 0 saturated carbocycles. The van der Waals surface area contributed by atoms with Crippen molar-refractivity contribution in [1.82, 2.24) is 14.9 Å². The largest absolute Gasteiger partial charge is 0.376 e. The lowest BCUT2D eigenvalue weighted by Gasteiger charge is -2.32. The van der Waals surface area contributed by atoms with Gasteiger partial charge >= 0.3 is 0 Å². The van der Waals surface area contributed by atoms with Gasteiger partial charge in [-0.15, -0.1) is 0 Å². The number of benzene rings is 2. The molecule has 1 aromatic heterocycles. The molecule has 174 valence electrons. The van der Waals surface area contributed by atoms with E-state index in [0.717, 1.165) is 68.9 Å². The Balaban J connectivity index is 1.31. The number of anilines is 1. The number of aromatic nitrogens is 2. The van der Waals surface area contributed by atoms with Crippen molar-refractivity contribution in [1.29, 1.82) is 0 Å². The Labute approximate surface area is 195 Å². The number of nitrogens with zero attached hydrogens (tertiary/aromatic N) is 3. The van der Waals surface area contributed by atoms with E-state index in [1.165, 1.54) is 16.7 Å². The summed E-state index contributed by atoms with van der Waals surface area (Å²) in [5, 5.41) is 3.12. The Morgan fingerprint density at radius 2 is 1.94 bits per heavy atom. The SMILES string of the molecule is Cc1ccc(C)c(Cn2c(N3CCC(C(=O)NCC4CCCO4)CC3)nc3ccccc32)c1. The highest BCUT2D eigenvalue weighted by Crippen LogP contribution is 2.28. The van der Waals surface area contributed by atoms with Crippen LogP contribution in [0.1, 0.15) is 42.4 Å². The molecule has 1 N–H and O–H groups in total. The van der Waals surface area contributed by atoms with Crippen LogP contribution in [0.25, 0.3) is 11.0 Å². The average Bonchev–Trinajstić information content (AvgIpc) is 3.48. The molecule has 2 aliphatic heterocycles. The first-order valence-corrected chi connectivity index (χ1v) is 12.2. The van der Waals surface area contributed by atoms with Crippen LogP contribution in [0.5, 0.6) is 0 Å². The van der Waals surface area contributed by atoms with E-state index in [9.17, 15) is 4.79 Å². The summed E-state index contributed by atoms with van der Waals surface area (Å²) in [6.07, 6.45) is 4.05. The van der Waals surface area contributed by atoms with E-state index in [2.05, 4.69) is 65.0 Å². The number of amides is 1. The zero-order valence-electron chi connectivity index (χ0n) is 19.7. The Bertz CT molecular complexity index is 1120. The van der Waals surface area contributed by atoms with Crippen molar-refractivity contribution >= 4 is 22.9 Å². The van der Waals surface area contributed by atoms with Crippen molar-refractivity contribution in [2.45, 2.75) is 52.2 Å². The minimum atomic E-state index is 0.0690. The topological polar surface area (TPSA) is 59.4 Å². The second kappa shape index (κ2) is 9.56. The number of fused-ring (bicyclic) bond motifs is 1. The fraction of sp³-hybridized carbons (Fsp3) is 0.481. The minimum Gasteiger partial charge on any atom is -0.376 e. The van der Waals surface area contributed by atoms with Gasteiger partial charge in [-0.3, -0.25) is 4.79 Å². The molecule has 0 aliphatic carbocycles. The quantitative estimate of drug-likeness (QED) is 0.616. The minimum absolute atomic E-state index is 0.0690. The Morgan fingerprint density at radius 3 is 2.73 bits per heavy atom. The third kappa shape index (κ3) is 4.76. The normalized spacial score (nSPS) is 19.3. The summed E-state index contributed by atoms with van der Waals surface area (Å²) < 4.78 is 7.98. The summed E-state index contributed by atoms with van der Waals surface area (Å²) in [7, 11) is 0. The second-order valence-electron chi connectivity index (χ2n) is 9.56. The monoisotopic (exact) mass is 446 g/mol. The molecule has 6 nitrogen and oxygen atoms in total. The molecule has 33 heavy (non-hydrogen) atoms. The zero-order chi connectivity index (χ0) is 22.8. The highest BCUT2D eigenvalue weighted by atomic mass is 16.5. The van der Waals surface area contributed by atoms with Crippen LogP contribution in [0.15, 0.2) is 42.5 Å². The second-order valence-corrected chi connectivity index (χ2v) is 9.56. The summed E-state index contributed by atoms with van der Waals surface area (Å²) in [5.74, 6) is 1.25. The Hall–Kier alpha value is -2.86. The molecule has 2 aliphatic rings. The number of hydrogen-bond acceptors (Lipinski definition) is 4. The number of rotatable bonds is 6. The number of hydrogen-bond donors (Lipinski definition) is 1. The summed E-state index contributed by atoms with van der Waals surface area (Å²) >= 11 is 0. The third-order valence-corrected chi connectivity index (χ3v) is 7.14. The molecular weight excluding hydrogens is 412 g/mol. The van der Waals surface area contributed by atoms with Gasteiger partial charge in [0.2, 0.25) is 11.9 Å². The van der Waals surface area contributed by atoms with E-state index in [-0.39, 0.29) is 17.9 Å². The third-order valence-electron chi connectivity index (χ3n) is 7.14. The predicted molar refractivity (Wildman–Crippen MR) is 132 cm³/mol. The van der Waals surface area contributed by atoms with Crippen LogP contribution in [0.2, 0.25) is 0 Å². The first kappa shape index (κ1) is 22.0. The highest BCUT2D eigenvalue weighted by molar-refractivity contribution is 5.80. The molecule has 0 bridgehead atoms. The van der Waals surface area contributed by atoms with Gasteiger partial charge in [-0.1, -0.05) is 35.9 Å². The van der Waals surface area contributed by atoms with E-state index in [4.69, 9.17) is 9.72 Å². The average molecular weight is 447 g/mol. The van der Waals surface area contributed by atoms with Gasteiger partial charge < -0.3 is 19.5 Å². The van der Waals surface area contributed by atoms with Crippen molar-refractivity contribution in [2.75, 3.05) is 31.1 Å². The Kier molecular flexibility index (Phi) is 6.36. The predicted octanol–water partition coefficient (Wildman–Crippen LogP) is 4.21. The fourth-order valence-corrected chi connectivity index (χ4v) is 5.11. The molecular formula is C27H34N4O2. The summed E-state index contributed by atoms with van der Waals surface area (Å²) in [6.45, 7) is 8.26. The molecule has 1 atom stereocenters. The molecule has 2 fully saturated rings. The van der Waals surface area contributed by atoms with Gasteiger partial charge in [0.05, 0.1) is 23.7 Å². The van der Waals surface area contributed by atoms with Gasteiger partial charge in [0.15, 0.2) is 0 Å². The van der Waals surface area contributed by atoms with E-state index in [1.54, 1.807) is 0 Å². The van der Waals surface area contributed by atoms with Crippen molar-refractivity contribution in [3.05, 3.63) is 59.2 Å². The number of para-hydroxylation sites is 2. The molecule has 0 radical (unpaired) electrons. The van der Waals surface area contributed by atoms with E-state index < -0.39 is 0 Å². The van der Waals surface area contributed by atoms with Crippen LogP contribution in [0.3, 0.4) is 0 Å². The number of carbonyl (C=O) groups is 1. The number of ether oxygens (including phenoxy) is 1. The van der Waals surface area contributed by atoms with Gasteiger partial charge in [-0.2, -0.15) is 0 Å². The van der Waals surface area contributed by atoms with Gasteiger partial charge in [0.1, 0.15) is 0 Å². The smallest absolute Gasteiger partial charge is 0.223 e. The number of imidazole rings is 1. The van der Waals surface area contributed by atoms with Gasteiger partial charge in [0, 0.05) is 32.2 Å². The Morgan fingerprint density at radius 1 is 1.12 bits per heavy atom. The van der Waals surface area contributed by atoms with Crippen LogP contribution < -0.4 is 10.2 Å². The van der Waals surface area contributed by atoms with Crippen molar-refractivity contribution < 1.29 is 9.53 Å². The molecule has 6 heteroatoms. The molecule has 0 spiro atoms. The lowest BCUT2D eigenvalue weighted by molar-refractivity contribution is -0.126. The molecule has 2 saturated heterocycles. The fourth-order valence-electron chi connectivity index (χ4n) is 5.11. The molecule has 5 rings (SSSR count). The first-order valence-electron chi connectivity index (χ1n) is 12.2. The van der Waals surface area contributed by atoms with Crippen LogP contribution in [0, 0.1) is 19.8 Å². The van der Waals surface area contributed by atoms with Crippen molar-refractivity contribution in [2.24, 2.45) is 5.92 Å². The number of aryl methyl sites for hydroxylation is 2. The summed E-state index contributed by atoms with van der Waals surface area (Å²) in [4.78, 5) is 20.1. The van der Waals surface area contributed by atoms with Crippen LogP contribution in [0.4, 0.5) is 5.95 Å². The van der Waals surface area contributed by atoms with E-state index in [0.29, 0.717) is 6.54 Å². The van der Waals surface area contributed by atoms with E-state index >= 15 is 0 Å². The summed E-state index contributed by atoms with van der Waals surface area (Å²) in [6, 6.07) is 15.0. The number of piperidine rings is 1. The molecule has 2 aromatic carbocycles. The highest BCUT2D eigenvalue weighted by Gasteiger charge is 2.28. The van der Waals surface area contributed by atoms with Gasteiger partial charge in [-0.05, 0) is 62.8 Å². The lowest BCUT2D eigenvalue weighted by atomic mass is 9.96.